The lowest BCUT2D eigenvalue weighted by atomic mass is 9.65. The van der Waals surface area contributed by atoms with Crippen molar-refractivity contribution in [2.45, 2.75) is 97.3 Å². The number of nitrogens with zero attached hydrogens (tertiary/aromatic N) is 2. The first-order valence-electron chi connectivity index (χ1n) is 15.6. The molecule has 0 radical (unpaired) electrons. The van der Waals surface area contributed by atoms with Crippen molar-refractivity contribution < 1.29 is 26.7 Å². The molecule has 250 valence electrons. The first-order chi connectivity index (χ1) is 21.0. The zero-order chi connectivity index (χ0) is 33.7. The van der Waals surface area contributed by atoms with Gasteiger partial charge in [-0.25, -0.2) is 16.8 Å². The lowest BCUT2D eigenvalue weighted by molar-refractivity contribution is -0.384. The second-order valence-electron chi connectivity index (χ2n) is 12.4. The van der Waals surface area contributed by atoms with Crippen molar-refractivity contribution in [2.24, 2.45) is 11.8 Å². The molecule has 3 rings (SSSR count). The lowest BCUT2D eigenvalue weighted by Gasteiger charge is -2.39. The van der Waals surface area contributed by atoms with Gasteiger partial charge in [0.2, 0.25) is 20.0 Å². The molecule has 12 nitrogen and oxygen atoms in total. The van der Waals surface area contributed by atoms with Crippen LogP contribution in [-0.4, -0.2) is 39.2 Å². The van der Waals surface area contributed by atoms with Gasteiger partial charge in [-0.15, -0.1) is 0 Å². The second-order valence-corrected chi connectivity index (χ2v) is 15.9. The van der Waals surface area contributed by atoms with Crippen LogP contribution < -0.4 is 9.44 Å². The third-order valence-electron chi connectivity index (χ3n) is 8.94. The Hall–Kier alpha value is -3.26. The van der Waals surface area contributed by atoms with E-state index in [9.17, 15) is 37.1 Å². The molecule has 45 heavy (non-hydrogen) atoms. The fourth-order valence-corrected chi connectivity index (χ4v) is 7.95. The molecule has 0 amide bonds. The van der Waals surface area contributed by atoms with Crippen LogP contribution in [0.3, 0.4) is 0 Å². The fraction of sp³-hybridized carbons (Fsp3) is 0.613. The molecule has 0 saturated heterocycles. The minimum Gasteiger partial charge on any atom is -0.277 e. The van der Waals surface area contributed by atoms with Gasteiger partial charge < -0.3 is 0 Å². The molecule has 0 heterocycles. The third kappa shape index (κ3) is 8.51. The largest absolute Gasteiger partial charge is 0.293 e. The number of nitrogens with one attached hydrogen (secondary N) is 2. The van der Waals surface area contributed by atoms with Gasteiger partial charge in [0.05, 0.1) is 22.4 Å². The van der Waals surface area contributed by atoms with Crippen molar-refractivity contribution in [3.05, 3.63) is 55.6 Å². The predicted octanol–water partition coefficient (Wildman–Crippen LogP) is 7.73. The van der Waals surface area contributed by atoms with Crippen LogP contribution >= 0.6 is 0 Å². The molecule has 2 N–H and O–H groups in total. The Morgan fingerprint density at radius 3 is 1.31 bits per heavy atom. The van der Waals surface area contributed by atoms with Crippen LogP contribution in [0.15, 0.2) is 24.3 Å². The molecule has 0 saturated carbocycles. The molecular weight excluding hydrogens is 620 g/mol. The van der Waals surface area contributed by atoms with Crippen LogP contribution in [-0.2, 0) is 25.5 Å². The normalized spacial score (nSPS) is 15.2. The molecule has 1 aliphatic rings. The first kappa shape index (κ1) is 36.2. The Labute approximate surface area is 266 Å². The van der Waals surface area contributed by atoms with Gasteiger partial charge in [-0.05, 0) is 59.1 Å². The van der Waals surface area contributed by atoms with Crippen molar-refractivity contribution in [2.75, 3.05) is 22.0 Å². The van der Waals surface area contributed by atoms with Crippen LogP contribution in [0, 0.1) is 32.1 Å². The van der Waals surface area contributed by atoms with Crippen LogP contribution in [0.5, 0.6) is 0 Å². The van der Waals surface area contributed by atoms with E-state index in [4.69, 9.17) is 0 Å². The Balaban J connectivity index is 2.53. The van der Waals surface area contributed by atoms with Gasteiger partial charge in [-0.1, -0.05) is 79.1 Å². The van der Waals surface area contributed by atoms with Crippen molar-refractivity contribution >= 4 is 42.8 Å². The van der Waals surface area contributed by atoms with E-state index in [1.54, 1.807) is 0 Å². The van der Waals surface area contributed by atoms with E-state index in [0.717, 1.165) is 63.9 Å². The molecule has 0 fully saturated rings. The Kier molecular flexibility index (Phi) is 11.6. The summed E-state index contributed by atoms with van der Waals surface area (Å²) in [5.41, 5.74) is 0.0302. The highest BCUT2D eigenvalue weighted by atomic mass is 32.2. The molecule has 2 atom stereocenters. The Morgan fingerprint density at radius 2 is 1.04 bits per heavy atom. The summed E-state index contributed by atoms with van der Waals surface area (Å²) in [6, 6.07) is 5.67. The van der Waals surface area contributed by atoms with Crippen molar-refractivity contribution in [1.82, 2.24) is 0 Å². The van der Waals surface area contributed by atoms with E-state index >= 15 is 0 Å². The van der Waals surface area contributed by atoms with Gasteiger partial charge in [0, 0.05) is 17.5 Å². The summed E-state index contributed by atoms with van der Waals surface area (Å²) in [4.78, 5) is 23.1. The topological polar surface area (TPSA) is 179 Å². The molecule has 2 aromatic rings. The molecule has 0 aromatic heterocycles. The minimum atomic E-state index is -3.90. The highest BCUT2D eigenvalue weighted by molar-refractivity contribution is 7.92. The van der Waals surface area contributed by atoms with Crippen molar-refractivity contribution in [3.8, 4) is 11.1 Å². The molecule has 14 heteroatoms. The number of rotatable bonds is 18. The average Bonchev–Trinajstić information content (AvgIpc) is 3.17. The maximum atomic E-state index is 12.4. The third-order valence-corrected chi connectivity index (χ3v) is 10.1. The van der Waals surface area contributed by atoms with E-state index in [1.165, 1.54) is 24.3 Å². The summed E-state index contributed by atoms with van der Waals surface area (Å²) in [6.07, 6.45) is 10.6. The highest BCUT2D eigenvalue weighted by Crippen LogP contribution is 2.59. The predicted molar refractivity (Wildman–Crippen MR) is 179 cm³/mol. The highest BCUT2D eigenvalue weighted by Gasteiger charge is 2.48. The number of anilines is 2. The zero-order valence-electron chi connectivity index (χ0n) is 27.0. The van der Waals surface area contributed by atoms with Crippen LogP contribution in [0.2, 0.25) is 0 Å². The fourth-order valence-electron chi connectivity index (χ4n) is 6.82. The molecule has 1 aliphatic carbocycles. The van der Waals surface area contributed by atoms with E-state index < -0.39 is 46.7 Å². The standard InChI is InChI=1S/C31H46N4O8S2/c1-7-11-13-21(9-3)19-31(20-22(10-4)14-12-8-2)25-17-27(32-44(5,40)41)29(34(36)37)15-23(25)24-16-30(35(38)39)28(18-26(24)31)33-45(6,42)43/h15-18,21-22,32-33H,7-14,19-20H2,1-6H3. The maximum Gasteiger partial charge on any atom is 0.293 e. The van der Waals surface area contributed by atoms with Crippen molar-refractivity contribution in [1.29, 1.82) is 0 Å². The van der Waals surface area contributed by atoms with E-state index in [1.807, 2.05) is 0 Å². The second kappa shape index (κ2) is 14.4. The Morgan fingerprint density at radius 1 is 0.689 bits per heavy atom. The smallest absolute Gasteiger partial charge is 0.277 e. The van der Waals surface area contributed by atoms with Gasteiger partial charge in [0.15, 0.2) is 0 Å². The summed E-state index contributed by atoms with van der Waals surface area (Å²) in [7, 11) is -7.80. The molecule has 2 aromatic carbocycles. The molecule has 0 bridgehead atoms. The van der Waals surface area contributed by atoms with Gasteiger partial charge in [0.1, 0.15) is 11.4 Å². The van der Waals surface area contributed by atoms with Crippen LogP contribution in [0.25, 0.3) is 11.1 Å². The van der Waals surface area contributed by atoms with E-state index in [2.05, 4.69) is 37.1 Å². The SMILES string of the molecule is CCCCC(CC)CC1(CC(CC)CCCC)c2cc(NS(C)(=O)=O)c([N+](=O)[O-])cc2-c2cc([N+](=O)[O-])c(NS(C)(=O)=O)cc21. The number of benzene rings is 2. The number of hydrogen-bond donors (Lipinski definition) is 2. The first-order valence-corrected chi connectivity index (χ1v) is 19.4. The van der Waals surface area contributed by atoms with Gasteiger partial charge >= 0.3 is 0 Å². The number of nitro benzene ring substituents is 2. The summed E-state index contributed by atoms with van der Waals surface area (Å²) in [6.45, 7) is 8.45. The van der Waals surface area contributed by atoms with E-state index in [0.29, 0.717) is 35.1 Å². The number of hydrogen-bond acceptors (Lipinski definition) is 8. The lowest BCUT2D eigenvalue weighted by Crippen LogP contribution is -2.32. The molecule has 0 spiro atoms. The van der Waals surface area contributed by atoms with Crippen molar-refractivity contribution in [3.63, 3.8) is 0 Å². The van der Waals surface area contributed by atoms with E-state index in [-0.39, 0.29) is 23.2 Å². The summed E-state index contributed by atoms with van der Waals surface area (Å²) in [5, 5.41) is 24.5. The summed E-state index contributed by atoms with van der Waals surface area (Å²) in [5.74, 6) is 0.436. The Bertz CT molecular complexity index is 1520. The number of nitro groups is 2. The maximum absolute atomic E-state index is 12.4. The van der Waals surface area contributed by atoms with Gasteiger partial charge in [-0.2, -0.15) is 0 Å². The minimum absolute atomic E-state index is 0.175. The van der Waals surface area contributed by atoms with Crippen LogP contribution in [0.4, 0.5) is 22.7 Å². The van der Waals surface area contributed by atoms with Gasteiger partial charge in [0.25, 0.3) is 11.4 Å². The monoisotopic (exact) mass is 666 g/mol. The van der Waals surface area contributed by atoms with Gasteiger partial charge in [-0.3, -0.25) is 29.7 Å². The summed E-state index contributed by atoms with van der Waals surface area (Å²) < 4.78 is 54.1. The zero-order valence-corrected chi connectivity index (χ0v) is 28.6. The molecule has 0 aliphatic heterocycles. The van der Waals surface area contributed by atoms with Crippen LogP contribution in [0.1, 0.15) is 103 Å². The summed E-state index contributed by atoms with van der Waals surface area (Å²) >= 11 is 0. The number of sulfonamides is 2. The number of unbranched alkanes of at least 4 members (excludes halogenated alkanes) is 2. The quantitative estimate of drug-likeness (QED) is 0.120. The molecule has 2 unspecified atom stereocenters. The average molecular weight is 667 g/mol. The number of fused-ring (bicyclic) bond motifs is 3. The molecular formula is C31H46N4O8S2.